The second-order valence-electron chi connectivity index (χ2n) is 6.61. The van der Waals surface area contributed by atoms with Crippen LogP contribution >= 0.6 is 23.2 Å². The van der Waals surface area contributed by atoms with Crippen LogP contribution in [0, 0.1) is 5.82 Å². The molecule has 0 fully saturated rings. The van der Waals surface area contributed by atoms with Crippen molar-refractivity contribution >= 4 is 50.5 Å². The number of halogens is 3. The number of nitrogens with one attached hydrogen (secondary N) is 1. The molecular weight excluding hydrogens is 466 g/mol. The summed E-state index contributed by atoms with van der Waals surface area (Å²) in [5.74, 6) is -0.759. The van der Waals surface area contributed by atoms with E-state index in [1.807, 2.05) is 0 Å². The van der Waals surface area contributed by atoms with Gasteiger partial charge in [0.05, 0.1) is 32.9 Å². The molecule has 0 aliphatic carbocycles. The lowest BCUT2D eigenvalue weighted by Gasteiger charge is -2.30. The van der Waals surface area contributed by atoms with Gasteiger partial charge >= 0.3 is 0 Å². The Morgan fingerprint density at radius 1 is 1.03 bits per heavy atom. The molecular formula is C21H15Cl2FN2O4S. The smallest absolute Gasteiger partial charge is 0.264 e. The van der Waals surface area contributed by atoms with Crippen molar-refractivity contribution in [1.29, 1.82) is 0 Å². The lowest BCUT2D eigenvalue weighted by molar-refractivity contribution is 0.102. The first kappa shape index (κ1) is 21.4. The van der Waals surface area contributed by atoms with E-state index < -0.39 is 21.7 Å². The first-order valence-electron chi connectivity index (χ1n) is 9.08. The van der Waals surface area contributed by atoms with Gasteiger partial charge in [0.2, 0.25) is 0 Å². The molecule has 0 saturated heterocycles. The van der Waals surface area contributed by atoms with Crippen LogP contribution in [0.1, 0.15) is 10.4 Å². The zero-order chi connectivity index (χ0) is 22.2. The molecule has 1 amide bonds. The Morgan fingerprint density at radius 2 is 1.71 bits per heavy atom. The first-order valence-corrected chi connectivity index (χ1v) is 11.3. The number of rotatable bonds is 4. The van der Waals surface area contributed by atoms with Gasteiger partial charge in [-0.05, 0) is 54.6 Å². The molecule has 1 aliphatic rings. The summed E-state index contributed by atoms with van der Waals surface area (Å²) in [4.78, 5) is 12.7. The van der Waals surface area contributed by atoms with Gasteiger partial charge in [0.15, 0.2) is 0 Å². The van der Waals surface area contributed by atoms with Gasteiger partial charge in [-0.3, -0.25) is 9.10 Å². The number of sulfonamides is 1. The van der Waals surface area contributed by atoms with Gasteiger partial charge in [0, 0.05) is 5.56 Å². The van der Waals surface area contributed by atoms with Gasteiger partial charge in [-0.25, -0.2) is 12.8 Å². The molecule has 4 rings (SSSR count). The van der Waals surface area contributed by atoms with E-state index in [-0.39, 0.29) is 45.0 Å². The molecule has 0 bridgehead atoms. The molecule has 1 N–H and O–H groups in total. The molecule has 3 aromatic rings. The van der Waals surface area contributed by atoms with E-state index in [4.69, 9.17) is 27.9 Å². The summed E-state index contributed by atoms with van der Waals surface area (Å²) in [6, 6.07) is 13.8. The maximum Gasteiger partial charge on any atom is 0.264 e. The summed E-state index contributed by atoms with van der Waals surface area (Å²) in [6.07, 6.45) is 0. The normalized spacial score (nSPS) is 13.3. The van der Waals surface area contributed by atoms with Crippen molar-refractivity contribution in [2.45, 2.75) is 4.90 Å². The summed E-state index contributed by atoms with van der Waals surface area (Å²) in [5.41, 5.74) is 0.633. The number of ether oxygens (including phenoxy) is 1. The van der Waals surface area contributed by atoms with E-state index in [0.717, 1.165) is 16.4 Å². The molecule has 3 aromatic carbocycles. The van der Waals surface area contributed by atoms with Gasteiger partial charge < -0.3 is 10.1 Å². The average Bonchev–Trinajstić information content (AvgIpc) is 2.75. The van der Waals surface area contributed by atoms with Gasteiger partial charge in [-0.2, -0.15) is 0 Å². The minimum absolute atomic E-state index is 0.0358. The highest BCUT2D eigenvalue weighted by atomic mass is 35.5. The number of hydrogen-bond donors (Lipinski definition) is 1. The molecule has 1 heterocycles. The number of carbonyl (C=O) groups excluding carboxylic acids is 1. The number of hydrogen-bond acceptors (Lipinski definition) is 4. The predicted molar refractivity (Wildman–Crippen MR) is 117 cm³/mol. The molecule has 1 aliphatic heterocycles. The molecule has 0 atom stereocenters. The van der Waals surface area contributed by atoms with Gasteiger partial charge in [0.1, 0.15) is 18.2 Å². The van der Waals surface area contributed by atoms with E-state index in [1.165, 1.54) is 30.3 Å². The Hall–Kier alpha value is -2.81. The number of nitrogens with zero attached hydrogens (tertiary/aromatic N) is 1. The standard InChI is InChI=1S/C21H15Cl2FN2O4S/c22-16-2-1-3-17(23)20(16)25-21(27)13-4-9-19-18(12-13)26(10-11-30-19)31(28,29)15-7-5-14(24)6-8-15/h1-9,12H,10-11H2,(H,25,27). The number of carbonyl (C=O) groups is 1. The van der Waals surface area contributed by atoms with Crippen LogP contribution in [0.25, 0.3) is 0 Å². The van der Waals surface area contributed by atoms with Crippen molar-refractivity contribution in [2.24, 2.45) is 0 Å². The van der Waals surface area contributed by atoms with E-state index in [9.17, 15) is 17.6 Å². The summed E-state index contributed by atoms with van der Waals surface area (Å²) in [5, 5.41) is 3.17. The van der Waals surface area contributed by atoms with Crippen molar-refractivity contribution in [3.63, 3.8) is 0 Å². The fourth-order valence-electron chi connectivity index (χ4n) is 3.12. The van der Waals surface area contributed by atoms with Crippen molar-refractivity contribution in [1.82, 2.24) is 0 Å². The SMILES string of the molecule is O=C(Nc1c(Cl)cccc1Cl)c1ccc2c(c1)N(S(=O)(=O)c1ccc(F)cc1)CCO2. The zero-order valence-corrected chi connectivity index (χ0v) is 18.1. The monoisotopic (exact) mass is 480 g/mol. The van der Waals surface area contributed by atoms with E-state index in [2.05, 4.69) is 5.32 Å². The second-order valence-corrected chi connectivity index (χ2v) is 9.29. The summed E-state index contributed by atoms with van der Waals surface area (Å²) < 4.78 is 46.2. The fourth-order valence-corrected chi connectivity index (χ4v) is 5.06. The maximum atomic E-state index is 13.2. The molecule has 0 aromatic heterocycles. The third-order valence-electron chi connectivity index (χ3n) is 4.64. The number of para-hydroxylation sites is 1. The molecule has 0 spiro atoms. The van der Waals surface area contributed by atoms with Crippen LogP contribution in [0.3, 0.4) is 0 Å². The van der Waals surface area contributed by atoms with Gasteiger partial charge in [-0.1, -0.05) is 29.3 Å². The van der Waals surface area contributed by atoms with Crippen molar-refractivity contribution in [3.05, 3.63) is 82.1 Å². The molecule has 31 heavy (non-hydrogen) atoms. The van der Waals surface area contributed by atoms with Crippen molar-refractivity contribution in [3.8, 4) is 5.75 Å². The Morgan fingerprint density at radius 3 is 2.39 bits per heavy atom. The minimum Gasteiger partial charge on any atom is -0.489 e. The zero-order valence-electron chi connectivity index (χ0n) is 15.8. The molecule has 10 heteroatoms. The van der Waals surface area contributed by atoms with Crippen LogP contribution in [0.15, 0.2) is 65.6 Å². The van der Waals surface area contributed by atoms with E-state index in [1.54, 1.807) is 18.2 Å². The Bertz CT molecular complexity index is 1250. The molecule has 160 valence electrons. The van der Waals surface area contributed by atoms with E-state index in [0.29, 0.717) is 5.75 Å². The summed E-state index contributed by atoms with van der Waals surface area (Å²) in [6.45, 7) is 0.169. The van der Waals surface area contributed by atoms with Crippen LogP contribution in [0.2, 0.25) is 10.0 Å². The van der Waals surface area contributed by atoms with Crippen molar-refractivity contribution < 1.29 is 22.3 Å². The summed E-state index contributed by atoms with van der Waals surface area (Å²) in [7, 11) is -3.99. The van der Waals surface area contributed by atoms with Crippen LogP contribution in [-0.2, 0) is 10.0 Å². The average molecular weight is 481 g/mol. The maximum absolute atomic E-state index is 13.2. The second kappa shape index (κ2) is 8.37. The van der Waals surface area contributed by atoms with Gasteiger partial charge in [-0.15, -0.1) is 0 Å². The van der Waals surface area contributed by atoms with Crippen LogP contribution in [-0.4, -0.2) is 27.5 Å². The van der Waals surface area contributed by atoms with Crippen molar-refractivity contribution in [2.75, 3.05) is 22.8 Å². The highest BCUT2D eigenvalue weighted by molar-refractivity contribution is 7.92. The van der Waals surface area contributed by atoms with Crippen LogP contribution in [0.4, 0.5) is 15.8 Å². The fraction of sp³-hybridized carbons (Fsp3) is 0.0952. The van der Waals surface area contributed by atoms with Gasteiger partial charge in [0.25, 0.3) is 15.9 Å². The Kier molecular flexibility index (Phi) is 5.79. The van der Waals surface area contributed by atoms with E-state index >= 15 is 0 Å². The van der Waals surface area contributed by atoms with Crippen LogP contribution < -0.4 is 14.4 Å². The number of fused-ring (bicyclic) bond motifs is 1. The number of anilines is 2. The molecule has 0 saturated carbocycles. The molecule has 0 unspecified atom stereocenters. The Labute approximate surface area is 188 Å². The quantitative estimate of drug-likeness (QED) is 0.571. The lowest BCUT2D eigenvalue weighted by atomic mass is 10.1. The molecule has 6 nitrogen and oxygen atoms in total. The first-order chi connectivity index (χ1) is 14.8. The number of amides is 1. The molecule has 0 radical (unpaired) electrons. The predicted octanol–water partition coefficient (Wildman–Crippen LogP) is 4.97. The third kappa shape index (κ3) is 4.19. The lowest BCUT2D eigenvalue weighted by Crippen LogP contribution is -2.38. The Balaban J connectivity index is 1.69. The summed E-state index contributed by atoms with van der Waals surface area (Å²) >= 11 is 12.2. The third-order valence-corrected chi connectivity index (χ3v) is 7.10. The largest absolute Gasteiger partial charge is 0.489 e. The highest BCUT2D eigenvalue weighted by Crippen LogP contribution is 2.37. The minimum atomic E-state index is -3.99. The highest BCUT2D eigenvalue weighted by Gasteiger charge is 2.31. The number of benzene rings is 3. The van der Waals surface area contributed by atoms with Crippen LogP contribution in [0.5, 0.6) is 5.75 Å². The topological polar surface area (TPSA) is 75.7 Å².